The first-order valence-corrected chi connectivity index (χ1v) is 8.99. The molecule has 0 fully saturated rings. The average molecular weight is 386 g/mol. The highest BCUT2D eigenvalue weighted by molar-refractivity contribution is 5.63. The van der Waals surface area contributed by atoms with E-state index in [1.165, 1.54) is 5.56 Å². The fourth-order valence-corrected chi connectivity index (χ4v) is 2.69. The van der Waals surface area contributed by atoms with Gasteiger partial charge in [-0.2, -0.15) is 18.2 Å². The van der Waals surface area contributed by atoms with Gasteiger partial charge in [0.15, 0.2) is 0 Å². The van der Waals surface area contributed by atoms with Crippen molar-refractivity contribution in [2.24, 2.45) is 0 Å². The Labute approximate surface area is 161 Å². The number of benzene rings is 2. The molecular weight excluding hydrogens is 365 g/mol. The van der Waals surface area contributed by atoms with E-state index in [1.807, 2.05) is 43.3 Å². The smallest absolute Gasteiger partial charge is 0.340 e. The normalized spacial score (nSPS) is 11.3. The van der Waals surface area contributed by atoms with Crippen LogP contribution in [-0.4, -0.2) is 9.97 Å². The number of hydrogen-bond donors (Lipinski definition) is 2. The summed E-state index contributed by atoms with van der Waals surface area (Å²) in [6.45, 7) is 4.01. The van der Waals surface area contributed by atoms with Crippen molar-refractivity contribution in [3.8, 4) is 0 Å². The van der Waals surface area contributed by atoms with Gasteiger partial charge in [0.2, 0.25) is 5.95 Å². The number of alkyl halides is 3. The molecule has 2 N–H and O–H groups in total. The highest BCUT2D eigenvalue weighted by Gasteiger charge is 2.35. The van der Waals surface area contributed by atoms with Crippen LogP contribution in [0, 0.1) is 6.92 Å². The number of aromatic nitrogens is 2. The molecule has 0 aliphatic rings. The van der Waals surface area contributed by atoms with Gasteiger partial charge in [-0.15, -0.1) is 0 Å². The molecule has 0 bridgehead atoms. The fraction of sp³-hybridized carbons (Fsp3) is 0.238. The predicted octanol–water partition coefficient (Wildman–Crippen LogP) is 6.24. The molecule has 3 aromatic rings. The van der Waals surface area contributed by atoms with Crippen molar-refractivity contribution in [1.29, 1.82) is 0 Å². The quantitative estimate of drug-likeness (QED) is 0.526. The van der Waals surface area contributed by atoms with Crippen LogP contribution in [0.5, 0.6) is 0 Å². The van der Waals surface area contributed by atoms with E-state index < -0.39 is 11.7 Å². The van der Waals surface area contributed by atoms with Crippen LogP contribution >= 0.6 is 0 Å². The standard InChI is InChI=1S/C21H21F3N4/c1-3-4-15-7-11-17(12-8-15)27-20-25-13-18(21(22,23)24)19(28-20)26-16-9-5-14(2)6-10-16/h5-13H,3-4H2,1-2H3,(H2,25,26,27,28). The van der Waals surface area contributed by atoms with E-state index in [-0.39, 0.29) is 11.8 Å². The molecular formula is C21H21F3N4. The van der Waals surface area contributed by atoms with Crippen LogP contribution in [0.1, 0.15) is 30.0 Å². The van der Waals surface area contributed by atoms with E-state index in [9.17, 15) is 13.2 Å². The van der Waals surface area contributed by atoms with Crippen LogP contribution in [0.2, 0.25) is 0 Å². The van der Waals surface area contributed by atoms with Crippen LogP contribution < -0.4 is 10.6 Å². The molecule has 146 valence electrons. The van der Waals surface area contributed by atoms with E-state index >= 15 is 0 Å². The van der Waals surface area contributed by atoms with Gasteiger partial charge in [0.05, 0.1) is 0 Å². The third-order valence-electron chi connectivity index (χ3n) is 4.16. The number of hydrogen-bond acceptors (Lipinski definition) is 4. The van der Waals surface area contributed by atoms with Gasteiger partial charge in [-0.1, -0.05) is 43.2 Å². The van der Waals surface area contributed by atoms with Crippen molar-refractivity contribution in [2.75, 3.05) is 10.6 Å². The predicted molar refractivity (Wildman–Crippen MR) is 105 cm³/mol. The second-order valence-electron chi connectivity index (χ2n) is 6.52. The van der Waals surface area contributed by atoms with Crippen molar-refractivity contribution in [2.45, 2.75) is 32.9 Å². The summed E-state index contributed by atoms with van der Waals surface area (Å²) in [5, 5.41) is 5.70. The fourth-order valence-electron chi connectivity index (χ4n) is 2.69. The van der Waals surface area contributed by atoms with E-state index in [0.717, 1.165) is 24.6 Å². The first kappa shape index (κ1) is 19.7. The summed E-state index contributed by atoms with van der Waals surface area (Å²) in [6, 6.07) is 14.7. The lowest BCUT2D eigenvalue weighted by Gasteiger charge is -2.15. The summed E-state index contributed by atoms with van der Waals surface area (Å²) in [5.74, 6) is -0.206. The second-order valence-corrected chi connectivity index (χ2v) is 6.52. The zero-order chi connectivity index (χ0) is 20.1. The van der Waals surface area contributed by atoms with E-state index in [0.29, 0.717) is 11.4 Å². The summed E-state index contributed by atoms with van der Waals surface area (Å²) in [5.41, 5.74) is 2.52. The third kappa shape index (κ3) is 5.00. The van der Waals surface area contributed by atoms with Gasteiger partial charge in [-0.25, -0.2) is 4.98 Å². The third-order valence-corrected chi connectivity index (χ3v) is 4.16. The Balaban J connectivity index is 1.87. The molecule has 0 saturated carbocycles. The molecule has 0 aliphatic carbocycles. The van der Waals surface area contributed by atoms with Crippen LogP contribution in [0.3, 0.4) is 0 Å². The molecule has 4 nitrogen and oxygen atoms in total. The number of anilines is 4. The van der Waals surface area contributed by atoms with Crippen molar-refractivity contribution in [3.05, 3.63) is 71.4 Å². The molecule has 28 heavy (non-hydrogen) atoms. The number of halogens is 3. The number of nitrogens with one attached hydrogen (secondary N) is 2. The van der Waals surface area contributed by atoms with Gasteiger partial charge in [-0.3, -0.25) is 0 Å². The maximum absolute atomic E-state index is 13.4. The van der Waals surface area contributed by atoms with Crippen molar-refractivity contribution >= 4 is 23.1 Å². The van der Waals surface area contributed by atoms with Gasteiger partial charge >= 0.3 is 6.18 Å². The Morgan fingerprint density at radius 1 is 0.893 bits per heavy atom. The Bertz CT molecular complexity index is 920. The first-order valence-electron chi connectivity index (χ1n) is 8.99. The SMILES string of the molecule is CCCc1ccc(Nc2ncc(C(F)(F)F)c(Nc3ccc(C)cc3)n2)cc1. The highest BCUT2D eigenvalue weighted by atomic mass is 19.4. The lowest BCUT2D eigenvalue weighted by Crippen LogP contribution is -2.12. The number of rotatable bonds is 6. The molecule has 1 aromatic heterocycles. The largest absolute Gasteiger partial charge is 0.421 e. The molecule has 0 aliphatic heterocycles. The van der Waals surface area contributed by atoms with E-state index in [1.54, 1.807) is 12.1 Å². The maximum Gasteiger partial charge on any atom is 0.421 e. The van der Waals surface area contributed by atoms with Gasteiger partial charge in [0, 0.05) is 17.6 Å². The van der Waals surface area contributed by atoms with Crippen molar-refractivity contribution < 1.29 is 13.2 Å². The van der Waals surface area contributed by atoms with Crippen molar-refractivity contribution in [1.82, 2.24) is 9.97 Å². The first-order chi connectivity index (χ1) is 13.3. The molecule has 1 heterocycles. The zero-order valence-electron chi connectivity index (χ0n) is 15.6. The van der Waals surface area contributed by atoms with Crippen LogP contribution in [0.15, 0.2) is 54.7 Å². The second kappa shape index (κ2) is 8.29. The Kier molecular flexibility index (Phi) is 5.82. The van der Waals surface area contributed by atoms with E-state index in [2.05, 4.69) is 27.5 Å². The van der Waals surface area contributed by atoms with Gasteiger partial charge < -0.3 is 10.6 Å². The lowest BCUT2D eigenvalue weighted by molar-refractivity contribution is -0.137. The Hall–Kier alpha value is -3.09. The van der Waals surface area contributed by atoms with Crippen LogP contribution in [-0.2, 0) is 12.6 Å². The highest BCUT2D eigenvalue weighted by Crippen LogP contribution is 2.35. The summed E-state index contributed by atoms with van der Waals surface area (Å²) in [6.07, 6.45) is -1.75. The minimum absolute atomic E-state index is 0.0888. The van der Waals surface area contributed by atoms with E-state index in [4.69, 9.17) is 0 Å². The Morgan fingerprint density at radius 3 is 2.11 bits per heavy atom. The van der Waals surface area contributed by atoms with Crippen LogP contribution in [0.4, 0.5) is 36.3 Å². The maximum atomic E-state index is 13.4. The monoisotopic (exact) mass is 386 g/mol. The lowest BCUT2D eigenvalue weighted by atomic mass is 10.1. The zero-order valence-corrected chi connectivity index (χ0v) is 15.6. The molecule has 0 atom stereocenters. The molecule has 0 spiro atoms. The summed E-state index contributed by atoms with van der Waals surface area (Å²) in [4.78, 5) is 7.89. The van der Waals surface area contributed by atoms with Gasteiger partial charge in [-0.05, 0) is 43.2 Å². The van der Waals surface area contributed by atoms with Crippen molar-refractivity contribution in [3.63, 3.8) is 0 Å². The number of nitrogens with zero attached hydrogens (tertiary/aromatic N) is 2. The minimum Gasteiger partial charge on any atom is -0.340 e. The van der Waals surface area contributed by atoms with Gasteiger partial charge in [0.25, 0.3) is 0 Å². The molecule has 0 radical (unpaired) electrons. The molecule has 3 rings (SSSR count). The minimum atomic E-state index is -4.56. The summed E-state index contributed by atoms with van der Waals surface area (Å²) < 4.78 is 40.1. The molecule has 2 aromatic carbocycles. The molecule has 0 unspecified atom stereocenters. The molecule has 7 heteroatoms. The molecule has 0 saturated heterocycles. The summed E-state index contributed by atoms with van der Waals surface area (Å²) in [7, 11) is 0. The molecule has 0 amide bonds. The Morgan fingerprint density at radius 2 is 1.50 bits per heavy atom. The topological polar surface area (TPSA) is 49.8 Å². The van der Waals surface area contributed by atoms with Crippen LogP contribution in [0.25, 0.3) is 0 Å². The van der Waals surface area contributed by atoms with Gasteiger partial charge in [0.1, 0.15) is 11.4 Å². The average Bonchev–Trinajstić information content (AvgIpc) is 2.65. The summed E-state index contributed by atoms with van der Waals surface area (Å²) >= 11 is 0. The number of aryl methyl sites for hydroxylation is 2.